The molecule has 1 atom stereocenters. The van der Waals surface area contributed by atoms with Crippen LogP contribution >= 0.6 is 23.2 Å². The maximum atomic E-state index is 6.16. The Kier molecular flexibility index (Phi) is 5.33. The van der Waals surface area contributed by atoms with Crippen molar-refractivity contribution in [3.63, 3.8) is 0 Å². The van der Waals surface area contributed by atoms with Gasteiger partial charge in [-0.25, -0.2) is 0 Å². The molecule has 2 rings (SSSR count). The predicted octanol–water partition coefficient (Wildman–Crippen LogP) is 6.38. The van der Waals surface area contributed by atoms with Gasteiger partial charge in [0.2, 0.25) is 0 Å². The fourth-order valence-electron chi connectivity index (χ4n) is 2.08. The molecule has 2 aromatic carbocycles. The molecule has 0 saturated heterocycles. The van der Waals surface area contributed by atoms with Crippen LogP contribution in [0.2, 0.25) is 5.02 Å². The molecular formula is C17H18Cl2O. The van der Waals surface area contributed by atoms with Gasteiger partial charge in [-0.05, 0) is 36.1 Å². The van der Waals surface area contributed by atoms with Crippen molar-refractivity contribution in [2.24, 2.45) is 0 Å². The zero-order valence-corrected chi connectivity index (χ0v) is 13.2. The summed E-state index contributed by atoms with van der Waals surface area (Å²) >= 11 is 12.1. The summed E-state index contributed by atoms with van der Waals surface area (Å²) in [5.74, 6) is 2.38. The first kappa shape index (κ1) is 15.2. The minimum atomic E-state index is 0.334. The van der Waals surface area contributed by atoms with E-state index in [0.29, 0.717) is 16.8 Å². The van der Waals surface area contributed by atoms with Crippen LogP contribution in [0.15, 0.2) is 42.5 Å². The number of rotatable bonds is 5. The molecule has 0 fully saturated rings. The number of alkyl halides is 1. The minimum Gasteiger partial charge on any atom is -0.457 e. The lowest BCUT2D eigenvalue weighted by molar-refractivity contribution is 0.466. The molecule has 0 aliphatic rings. The van der Waals surface area contributed by atoms with E-state index in [1.54, 1.807) is 0 Å². The van der Waals surface area contributed by atoms with E-state index in [0.717, 1.165) is 23.5 Å². The average molecular weight is 309 g/mol. The Labute approximate surface area is 130 Å². The molecule has 0 spiro atoms. The van der Waals surface area contributed by atoms with E-state index in [2.05, 4.69) is 19.9 Å². The molecule has 3 heteroatoms. The SMILES string of the molecule is CCC(C)c1ccccc1Oc1cccc(Cl)c1CCl. The smallest absolute Gasteiger partial charge is 0.133 e. The number of benzene rings is 2. The highest BCUT2D eigenvalue weighted by Gasteiger charge is 2.13. The topological polar surface area (TPSA) is 9.23 Å². The van der Waals surface area contributed by atoms with Crippen LogP contribution in [0.3, 0.4) is 0 Å². The molecule has 0 aromatic heterocycles. The second-order valence-corrected chi connectivity index (χ2v) is 5.47. The Morgan fingerprint density at radius 2 is 1.75 bits per heavy atom. The quantitative estimate of drug-likeness (QED) is 0.582. The van der Waals surface area contributed by atoms with E-state index in [4.69, 9.17) is 27.9 Å². The lowest BCUT2D eigenvalue weighted by Gasteiger charge is -2.17. The summed E-state index contributed by atoms with van der Waals surface area (Å²) in [4.78, 5) is 0. The summed E-state index contributed by atoms with van der Waals surface area (Å²) in [6.45, 7) is 4.37. The third-order valence-electron chi connectivity index (χ3n) is 3.49. The fourth-order valence-corrected chi connectivity index (χ4v) is 2.66. The summed E-state index contributed by atoms with van der Waals surface area (Å²) in [5.41, 5.74) is 2.03. The summed E-state index contributed by atoms with van der Waals surface area (Å²) < 4.78 is 6.07. The van der Waals surface area contributed by atoms with Gasteiger partial charge in [-0.2, -0.15) is 0 Å². The van der Waals surface area contributed by atoms with Crippen molar-refractivity contribution in [3.05, 3.63) is 58.6 Å². The van der Waals surface area contributed by atoms with Crippen molar-refractivity contribution >= 4 is 23.2 Å². The number of hydrogen-bond donors (Lipinski definition) is 0. The molecule has 0 saturated carbocycles. The second-order valence-electron chi connectivity index (χ2n) is 4.80. The fraction of sp³-hybridized carbons (Fsp3) is 0.294. The molecule has 0 N–H and O–H groups in total. The molecular weight excluding hydrogens is 291 g/mol. The highest BCUT2D eigenvalue weighted by molar-refractivity contribution is 6.32. The molecule has 20 heavy (non-hydrogen) atoms. The number of halogens is 2. The number of hydrogen-bond acceptors (Lipinski definition) is 1. The van der Waals surface area contributed by atoms with Crippen molar-refractivity contribution < 1.29 is 4.74 Å². The van der Waals surface area contributed by atoms with Gasteiger partial charge in [0.05, 0.1) is 5.88 Å². The van der Waals surface area contributed by atoms with Crippen LogP contribution in [-0.2, 0) is 5.88 Å². The van der Waals surface area contributed by atoms with Crippen molar-refractivity contribution in [3.8, 4) is 11.5 Å². The maximum absolute atomic E-state index is 6.16. The Morgan fingerprint density at radius 1 is 1.05 bits per heavy atom. The Morgan fingerprint density at radius 3 is 2.45 bits per heavy atom. The van der Waals surface area contributed by atoms with Gasteiger partial charge in [0.25, 0.3) is 0 Å². The summed E-state index contributed by atoms with van der Waals surface area (Å²) in [5, 5.41) is 0.638. The van der Waals surface area contributed by atoms with Crippen LogP contribution in [0.25, 0.3) is 0 Å². The zero-order valence-electron chi connectivity index (χ0n) is 11.7. The highest BCUT2D eigenvalue weighted by Crippen LogP contribution is 2.35. The molecule has 106 valence electrons. The number of para-hydroxylation sites is 1. The van der Waals surface area contributed by atoms with E-state index in [9.17, 15) is 0 Å². The Balaban J connectivity index is 2.38. The second kappa shape index (κ2) is 7.01. The zero-order chi connectivity index (χ0) is 14.5. The highest BCUT2D eigenvalue weighted by atomic mass is 35.5. The molecule has 0 bridgehead atoms. The molecule has 0 radical (unpaired) electrons. The van der Waals surface area contributed by atoms with Crippen LogP contribution in [0.5, 0.6) is 11.5 Å². The van der Waals surface area contributed by atoms with Crippen molar-refractivity contribution in [1.82, 2.24) is 0 Å². The van der Waals surface area contributed by atoms with Gasteiger partial charge in [0.1, 0.15) is 11.5 Å². The minimum absolute atomic E-state index is 0.334. The molecule has 0 amide bonds. The first-order valence-corrected chi connectivity index (χ1v) is 7.68. The standard InChI is InChI=1S/C17H18Cl2O/c1-3-12(2)13-7-4-5-9-16(13)20-17-10-6-8-15(19)14(17)11-18/h4-10,12H,3,11H2,1-2H3. The van der Waals surface area contributed by atoms with Crippen LogP contribution < -0.4 is 4.74 Å². The van der Waals surface area contributed by atoms with Gasteiger partial charge in [0.15, 0.2) is 0 Å². The van der Waals surface area contributed by atoms with E-state index in [1.807, 2.05) is 36.4 Å². The summed E-state index contributed by atoms with van der Waals surface area (Å²) in [6.07, 6.45) is 1.07. The van der Waals surface area contributed by atoms with Gasteiger partial charge in [-0.15, -0.1) is 11.6 Å². The van der Waals surface area contributed by atoms with Crippen LogP contribution in [-0.4, -0.2) is 0 Å². The Bertz CT molecular complexity index is 581. The van der Waals surface area contributed by atoms with E-state index >= 15 is 0 Å². The lowest BCUT2D eigenvalue weighted by atomic mass is 9.98. The third kappa shape index (κ3) is 3.28. The van der Waals surface area contributed by atoms with Crippen molar-refractivity contribution in [1.29, 1.82) is 0 Å². The molecule has 0 heterocycles. The van der Waals surface area contributed by atoms with Gasteiger partial charge in [0, 0.05) is 10.6 Å². The molecule has 0 aliphatic heterocycles. The molecule has 2 aromatic rings. The Hall–Kier alpha value is -1.18. The molecule has 1 unspecified atom stereocenters. The lowest BCUT2D eigenvalue weighted by Crippen LogP contribution is -1.97. The average Bonchev–Trinajstić information content (AvgIpc) is 2.47. The number of ether oxygens (including phenoxy) is 1. The largest absolute Gasteiger partial charge is 0.457 e. The summed E-state index contributed by atoms with van der Waals surface area (Å²) in [6, 6.07) is 13.7. The van der Waals surface area contributed by atoms with Gasteiger partial charge in [-0.3, -0.25) is 0 Å². The monoisotopic (exact) mass is 308 g/mol. The predicted molar refractivity (Wildman–Crippen MR) is 86.2 cm³/mol. The van der Waals surface area contributed by atoms with Gasteiger partial charge >= 0.3 is 0 Å². The normalized spacial score (nSPS) is 12.2. The van der Waals surface area contributed by atoms with Gasteiger partial charge in [-0.1, -0.05) is 49.7 Å². The molecule has 0 aliphatic carbocycles. The summed E-state index contributed by atoms with van der Waals surface area (Å²) in [7, 11) is 0. The van der Waals surface area contributed by atoms with Crippen molar-refractivity contribution in [2.75, 3.05) is 0 Å². The van der Waals surface area contributed by atoms with Gasteiger partial charge < -0.3 is 4.74 Å². The molecule has 1 nitrogen and oxygen atoms in total. The van der Waals surface area contributed by atoms with Crippen LogP contribution in [0.4, 0.5) is 0 Å². The van der Waals surface area contributed by atoms with Crippen LogP contribution in [0.1, 0.15) is 37.3 Å². The maximum Gasteiger partial charge on any atom is 0.133 e. The first-order valence-electron chi connectivity index (χ1n) is 6.77. The van der Waals surface area contributed by atoms with E-state index in [1.165, 1.54) is 5.56 Å². The van der Waals surface area contributed by atoms with E-state index < -0.39 is 0 Å². The first-order chi connectivity index (χ1) is 9.67. The third-order valence-corrected chi connectivity index (χ3v) is 4.11. The van der Waals surface area contributed by atoms with E-state index in [-0.39, 0.29) is 0 Å². The van der Waals surface area contributed by atoms with Crippen molar-refractivity contribution in [2.45, 2.75) is 32.1 Å². The van der Waals surface area contributed by atoms with Crippen LogP contribution in [0, 0.1) is 0 Å².